The number of guanidine groups is 1. The molecule has 0 unspecified atom stereocenters. The van der Waals surface area contributed by atoms with E-state index in [2.05, 4.69) is 25.7 Å². The molecule has 0 spiro atoms. The summed E-state index contributed by atoms with van der Waals surface area (Å²) in [5.74, 6) is 1.00. The molecule has 5 nitrogen and oxygen atoms in total. The number of halogens is 2. The molecule has 0 atom stereocenters. The zero-order valence-corrected chi connectivity index (χ0v) is 14.9. The van der Waals surface area contributed by atoms with E-state index < -0.39 is 6.61 Å². The van der Waals surface area contributed by atoms with Gasteiger partial charge in [0.05, 0.1) is 7.11 Å². The SMILES string of the molecule is CN=C(NCCc1ccc(OC)c(OC(F)F)c1)NCc1ccsc1. The number of rotatable bonds is 8. The number of thiophene rings is 1. The first-order valence-corrected chi connectivity index (χ1v) is 8.64. The number of alkyl halides is 2. The molecule has 136 valence electrons. The second-order valence-electron chi connectivity index (χ2n) is 5.10. The van der Waals surface area contributed by atoms with Crippen LogP contribution in [0.4, 0.5) is 8.78 Å². The highest BCUT2D eigenvalue weighted by Gasteiger charge is 2.11. The summed E-state index contributed by atoms with van der Waals surface area (Å²) < 4.78 is 34.4. The lowest BCUT2D eigenvalue weighted by Gasteiger charge is -2.13. The first-order chi connectivity index (χ1) is 12.1. The van der Waals surface area contributed by atoms with Crippen molar-refractivity contribution in [3.63, 3.8) is 0 Å². The quantitative estimate of drug-likeness (QED) is 0.554. The van der Waals surface area contributed by atoms with Gasteiger partial charge in [0.1, 0.15) is 0 Å². The van der Waals surface area contributed by atoms with Crippen molar-refractivity contribution < 1.29 is 18.3 Å². The summed E-state index contributed by atoms with van der Waals surface area (Å²) in [6.07, 6.45) is 0.628. The van der Waals surface area contributed by atoms with Gasteiger partial charge in [0.2, 0.25) is 0 Å². The van der Waals surface area contributed by atoms with Gasteiger partial charge in [-0.15, -0.1) is 0 Å². The minimum Gasteiger partial charge on any atom is -0.493 e. The predicted octanol–water partition coefficient (Wildman–Crippen LogP) is 3.27. The Morgan fingerprint density at radius 1 is 1.20 bits per heavy atom. The van der Waals surface area contributed by atoms with E-state index in [1.165, 1.54) is 12.7 Å². The fourth-order valence-electron chi connectivity index (χ4n) is 2.19. The lowest BCUT2D eigenvalue weighted by molar-refractivity contribution is -0.0512. The minimum absolute atomic E-state index is 0.0370. The summed E-state index contributed by atoms with van der Waals surface area (Å²) in [5.41, 5.74) is 2.05. The molecule has 0 saturated carbocycles. The third-order valence-corrected chi connectivity index (χ3v) is 4.15. The Labute approximate surface area is 149 Å². The summed E-state index contributed by atoms with van der Waals surface area (Å²) in [7, 11) is 3.11. The van der Waals surface area contributed by atoms with Crippen LogP contribution in [0.25, 0.3) is 0 Å². The van der Waals surface area contributed by atoms with Crippen molar-refractivity contribution in [1.29, 1.82) is 0 Å². The molecule has 0 amide bonds. The van der Waals surface area contributed by atoms with Crippen molar-refractivity contribution in [2.45, 2.75) is 19.6 Å². The van der Waals surface area contributed by atoms with Gasteiger partial charge in [-0.2, -0.15) is 20.1 Å². The summed E-state index contributed by atoms with van der Waals surface area (Å²) in [6.45, 7) is -1.59. The van der Waals surface area contributed by atoms with E-state index >= 15 is 0 Å². The molecule has 0 aliphatic rings. The number of hydrogen-bond donors (Lipinski definition) is 2. The molecule has 1 aromatic heterocycles. The van der Waals surface area contributed by atoms with Crippen molar-refractivity contribution in [3.05, 3.63) is 46.2 Å². The Kier molecular flexibility index (Phi) is 7.46. The van der Waals surface area contributed by atoms with Gasteiger partial charge in [0.25, 0.3) is 0 Å². The summed E-state index contributed by atoms with van der Waals surface area (Å²) in [5, 5.41) is 10.5. The third-order valence-electron chi connectivity index (χ3n) is 3.41. The molecule has 0 saturated heterocycles. The number of nitrogens with one attached hydrogen (secondary N) is 2. The number of aliphatic imine (C=N–C) groups is 1. The van der Waals surface area contributed by atoms with Gasteiger partial charge >= 0.3 is 6.61 Å². The van der Waals surface area contributed by atoms with E-state index in [1.54, 1.807) is 30.5 Å². The summed E-state index contributed by atoms with van der Waals surface area (Å²) >= 11 is 1.65. The Morgan fingerprint density at radius 3 is 2.68 bits per heavy atom. The average Bonchev–Trinajstić information content (AvgIpc) is 3.11. The lowest BCUT2D eigenvalue weighted by Crippen LogP contribution is -2.37. The second-order valence-corrected chi connectivity index (χ2v) is 5.88. The zero-order chi connectivity index (χ0) is 18.1. The molecule has 1 heterocycles. The third kappa shape index (κ3) is 6.22. The van der Waals surface area contributed by atoms with Crippen LogP contribution < -0.4 is 20.1 Å². The highest BCUT2D eigenvalue weighted by Crippen LogP contribution is 2.29. The number of benzene rings is 1. The lowest BCUT2D eigenvalue weighted by atomic mass is 10.1. The Balaban J connectivity index is 1.85. The van der Waals surface area contributed by atoms with Gasteiger partial charge in [-0.25, -0.2) is 0 Å². The maximum absolute atomic E-state index is 12.5. The van der Waals surface area contributed by atoms with E-state index in [-0.39, 0.29) is 11.5 Å². The number of nitrogens with zero attached hydrogens (tertiary/aromatic N) is 1. The maximum Gasteiger partial charge on any atom is 0.387 e. The standard InChI is InChI=1S/C17H21F2N3O2S/c1-20-17(22-10-13-6-8-25-11-13)21-7-5-12-3-4-14(23-2)15(9-12)24-16(18)19/h3-4,6,8-9,11,16H,5,7,10H2,1-2H3,(H2,20,21,22). The van der Waals surface area contributed by atoms with Crippen molar-refractivity contribution in [2.24, 2.45) is 4.99 Å². The van der Waals surface area contributed by atoms with Gasteiger partial charge in [0.15, 0.2) is 17.5 Å². The number of ether oxygens (including phenoxy) is 2. The van der Waals surface area contributed by atoms with Crippen LogP contribution in [0.1, 0.15) is 11.1 Å². The molecular formula is C17H21F2N3O2S. The first-order valence-electron chi connectivity index (χ1n) is 7.69. The van der Waals surface area contributed by atoms with Gasteiger partial charge < -0.3 is 20.1 Å². The molecule has 25 heavy (non-hydrogen) atoms. The van der Waals surface area contributed by atoms with Crippen LogP contribution in [-0.2, 0) is 13.0 Å². The maximum atomic E-state index is 12.5. The normalized spacial score (nSPS) is 11.5. The largest absolute Gasteiger partial charge is 0.493 e. The van der Waals surface area contributed by atoms with E-state index in [9.17, 15) is 8.78 Å². The van der Waals surface area contributed by atoms with Crippen LogP contribution in [0.5, 0.6) is 11.5 Å². The van der Waals surface area contributed by atoms with Crippen LogP contribution in [-0.4, -0.2) is 33.3 Å². The fraction of sp³-hybridized carbons (Fsp3) is 0.353. The van der Waals surface area contributed by atoms with Crippen LogP contribution in [0.15, 0.2) is 40.0 Å². The predicted molar refractivity (Wildman–Crippen MR) is 95.9 cm³/mol. The molecule has 8 heteroatoms. The van der Waals surface area contributed by atoms with Crippen molar-refractivity contribution in [3.8, 4) is 11.5 Å². The van der Waals surface area contributed by atoms with Crippen LogP contribution in [0.3, 0.4) is 0 Å². The zero-order valence-electron chi connectivity index (χ0n) is 14.1. The average molecular weight is 369 g/mol. The molecule has 0 bridgehead atoms. The Bertz CT molecular complexity index is 679. The smallest absolute Gasteiger partial charge is 0.387 e. The summed E-state index contributed by atoms with van der Waals surface area (Å²) in [6, 6.07) is 7.05. The van der Waals surface area contributed by atoms with E-state index in [0.717, 1.165) is 5.56 Å². The first kappa shape index (κ1) is 19.0. The fourth-order valence-corrected chi connectivity index (χ4v) is 2.86. The van der Waals surface area contributed by atoms with Gasteiger partial charge in [-0.05, 0) is 46.5 Å². The number of methoxy groups -OCH3 is 1. The molecular weight excluding hydrogens is 348 g/mol. The molecule has 0 fully saturated rings. The van der Waals surface area contributed by atoms with Crippen molar-refractivity contribution in [1.82, 2.24) is 10.6 Å². The Hall–Kier alpha value is -2.35. The van der Waals surface area contributed by atoms with Crippen LogP contribution in [0.2, 0.25) is 0 Å². The molecule has 0 aliphatic carbocycles. The topological polar surface area (TPSA) is 54.9 Å². The van der Waals surface area contributed by atoms with Gasteiger partial charge in [-0.1, -0.05) is 6.07 Å². The van der Waals surface area contributed by atoms with Gasteiger partial charge in [0, 0.05) is 20.1 Å². The number of hydrogen-bond acceptors (Lipinski definition) is 4. The minimum atomic E-state index is -2.89. The molecule has 0 aliphatic heterocycles. The monoisotopic (exact) mass is 369 g/mol. The van der Waals surface area contributed by atoms with Crippen molar-refractivity contribution >= 4 is 17.3 Å². The van der Waals surface area contributed by atoms with Gasteiger partial charge in [-0.3, -0.25) is 4.99 Å². The molecule has 0 radical (unpaired) electrons. The molecule has 1 aromatic carbocycles. The molecule has 2 rings (SSSR count). The van der Waals surface area contributed by atoms with Crippen molar-refractivity contribution in [2.75, 3.05) is 20.7 Å². The van der Waals surface area contributed by atoms with E-state index in [1.807, 2.05) is 17.5 Å². The van der Waals surface area contributed by atoms with Crippen LogP contribution >= 0.6 is 11.3 Å². The highest BCUT2D eigenvalue weighted by atomic mass is 32.1. The summed E-state index contributed by atoms with van der Waals surface area (Å²) in [4.78, 5) is 4.16. The second kappa shape index (κ2) is 9.83. The molecule has 2 N–H and O–H groups in total. The van der Waals surface area contributed by atoms with E-state index in [4.69, 9.17) is 4.74 Å². The highest BCUT2D eigenvalue weighted by molar-refractivity contribution is 7.07. The molecule has 2 aromatic rings. The van der Waals surface area contributed by atoms with E-state index in [0.29, 0.717) is 25.5 Å². The Morgan fingerprint density at radius 2 is 2.04 bits per heavy atom. The van der Waals surface area contributed by atoms with Crippen LogP contribution in [0, 0.1) is 0 Å².